The lowest BCUT2D eigenvalue weighted by Crippen LogP contribution is -2.01. The van der Waals surface area contributed by atoms with Crippen LogP contribution in [0.25, 0.3) is 11.1 Å². The van der Waals surface area contributed by atoms with Crippen molar-refractivity contribution in [2.75, 3.05) is 28.4 Å². The molecule has 6 nitrogen and oxygen atoms in total. The fourth-order valence-electron chi connectivity index (χ4n) is 4.72. The van der Waals surface area contributed by atoms with E-state index >= 15 is 0 Å². The number of phenols is 2. The molecule has 4 rings (SSSR count). The van der Waals surface area contributed by atoms with Crippen molar-refractivity contribution in [3.05, 3.63) is 95.1 Å². The second kappa shape index (κ2) is 12.3. The Morgan fingerprint density at radius 2 is 0.868 bits per heavy atom. The fraction of sp³-hybridized carbons (Fsp3) is 0.250. The van der Waals surface area contributed by atoms with Crippen LogP contribution in [0.4, 0.5) is 0 Å². The number of phenolic OH excluding ortho intramolecular Hbond substituents is 2. The second-order valence-electron chi connectivity index (χ2n) is 9.07. The van der Waals surface area contributed by atoms with E-state index in [1.165, 1.54) is 0 Å². The first-order valence-electron chi connectivity index (χ1n) is 12.5. The Bertz CT molecular complexity index is 1290. The van der Waals surface area contributed by atoms with Gasteiger partial charge in [-0.15, -0.1) is 0 Å². The van der Waals surface area contributed by atoms with Crippen LogP contribution in [0.1, 0.15) is 22.3 Å². The van der Waals surface area contributed by atoms with E-state index in [-0.39, 0.29) is 11.5 Å². The molecule has 2 N–H and O–H groups in total. The molecular weight excluding hydrogens is 480 g/mol. The number of hydrogen-bond donors (Lipinski definition) is 2. The molecule has 0 saturated carbocycles. The first kappa shape index (κ1) is 26.7. The smallest absolute Gasteiger partial charge is 0.127 e. The molecule has 6 heteroatoms. The average Bonchev–Trinajstić information content (AvgIpc) is 2.94. The van der Waals surface area contributed by atoms with Crippen LogP contribution in [0, 0.1) is 0 Å². The molecule has 0 aliphatic carbocycles. The normalized spacial score (nSPS) is 10.7. The fourth-order valence-corrected chi connectivity index (χ4v) is 4.72. The lowest BCUT2D eigenvalue weighted by Gasteiger charge is -2.19. The summed E-state index contributed by atoms with van der Waals surface area (Å²) in [6.45, 7) is 0. The Morgan fingerprint density at radius 3 is 1.21 bits per heavy atom. The molecule has 4 aromatic rings. The Balaban J connectivity index is 1.67. The molecule has 38 heavy (non-hydrogen) atoms. The molecule has 198 valence electrons. The molecule has 0 fully saturated rings. The van der Waals surface area contributed by atoms with Gasteiger partial charge in [0.15, 0.2) is 0 Å². The van der Waals surface area contributed by atoms with Gasteiger partial charge in [-0.3, -0.25) is 0 Å². The van der Waals surface area contributed by atoms with E-state index < -0.39 is 0 Å². The largest absolute Gasteiger partial charge is 0.508 e. The standard InChI is InChI=1S/C32H34O6/c1-35-29-19-27(31(37-3)17-23(29)13-11-21-7-5-9-25(33)15-21)28-20-30(36-2)24(18-32(28)38-4)14-12-22-8-6-10-26(34)16-22/h5-10,15-20,33-34H,11-14H2,1-4H3. The number of benzene rings is 4. The molecule has 0 spiro atoms. The van der Waals surface area contributed by atoms with E-state index in [1.54, 1.807) is 52.7 Å². The molecule has 0 aromatic heterocycles. The van der Waals surface area contributed by atoms with E-state index in [1.807, 2.05) is 48.5 Å². The van der Waals surface area contributed by atoms with E-state index in [0.717, 1.165) is 70.6 Å². The minimum absolute atomic E-state index is 0.258. The minimum atomic E-state index is 0.258. The number of aryl methyl sites for hydroxylation is 4. The molecule has 0 aliphatic rings. The maximum absolute atomic E-state index is 9.79. The molecule has 4 aromatic carbocycles. The average molecular weight is 515 g/mol. The Morgan fingerprint density at radius 1 is 0.474 bits per heavy atom. The summed E-state index contributed by atoms with van der Waals surface area (Å²) in [7, 11) is 6.62. The zero-order chi connectivity index (χ0) is 27.1. The molecule has 0 bridgehead atoms. The van der Waals surface area contributed by atoms with Gasteiger partial charge in [0.05, 0.1) is 28.4 Å². The van der Waals surface area contributed by atoms with Crippen LogP contribution in [-0.2, 0) is 25.7 Å². The summed E-state index contributed by atoms with van der Waals surface area (Å²) >= 11 is 0. The molecule has 0 atom stereocenters. The van der Waals surface area contributed by atoms with Crippen LogP contribution in [0.3, 0.4) is 0 Å². The first-order chi connectivity index (χ1) is 18.4. The van der Waals surface area contributed by atoms with Crippen molar-refractivity contribution in [3.63, 3.8) is 0 Å². The summed E-state index contributed by atoms with van der Waals surface area (Å²) < 4.78 is 23.2. The maximum atomic E-state index is 9.79. The number of ether oxygens (including phenoxy) is 4. The second-order valence-corrected chi connectivity index (χ2v) is 9.07. The molecule has 0 unspecified atom stereocenters. The molecule has 0 heterocycles. The first-order valence-corrected chi connectivity index (χ1v) is 12.5. The number of aromatic hydroxyl groups is 2. The highest BCUT2D eigenvalue weighted by Gasteiger charge is 2.19. The highest BCUT2D eigenvalue weighted by molar-refractivity contribution is 5.79. The lowest BCUT2D eigenvalue weighted by molar-refractivity contribution is 0.395. The van der Waals surface area contributed by atoms with E-state index in [0.29, 0.717) is 11.5 Å². The Kier molecular flexibility index (Phi) is 8.64. The molecule has 0 aliphatic heterocycles. The highest BCUT2D eigenvalue weighted by atomic mass is 16.5. The number of rotatable bonds is 11. The van der Waals surface area contributed by atoms with Gasteiger partial charge in [0.2, 0.25) is 0 Å². The molecule has 0 saturated heterocycles. The summed E-state index contributed by atoms with van der Waals surface area (Å²) in [4.78, 5) is 0. The van der Waals surface area contributed by atoms with Crippen molar-refractivity contribution < 1.29 is 29.2 Å². The summed E-state index contributed by atoms with van der Waals surface area (Å²) in [5.41, 5.74) is 5.76. The van der Waals surface area contributed by atoms with Crippen molar-refractivity contribution in [2.45, 2.75) is 25.7 Å². The minimum Gasteiger partial charge on any atom is -0.508 e. The van der Waals surface area contributed by atoms with Crippen molar-refractivity contribution in [1.29, 1.82) is 0 Å². The van der Waals surface area contributed by atoms with Gasteiger partial charge < -0.3 is 29.2 Å². The van der Waals surface area contributed by atoms with Gasteiger partial charge in [0.1, 0.15) is 34.5 Å². The molecule has 0 amide bonds. The van der Waals surface area contributed by atoms with Gasteiger partial charge in [-0.1, -0.05) is 24.3 Å². The van der Waals surface area contributed by atoms with Crippen molar-refractivity contribution in [1.82, 2.24) is 0 Å². The van der Waals surface area contributed by atoms with Gasteiger partial charge >= 0.3 is 0 Å². The van der Waals surface area contributed by atoms with E-state index in [4.69, 9.17) is 18.9 Å². The van der Waals surface area contributed by atoms with Gasteiger partial charge in [0, 0.05) is 11.1 Å². The predicted molar refractivity (Wildman–Crippen MR) is 149 cm³/mol. The summed E-state index contributed by atoms with van der Waals surface area (Å²) in [5, 5.41) is 19.6. The quantitative estimate of drug-likeness (QED) is 0.242. The van der Waals surface area contributed by atoms with Crippen molar-refractivity contribution in [2.24, 2.45) is 0 Å². The van der Waals surface area contributed by atoms with Gasteiger partial charge in [0.25, 0.3) is 0 Å². The van der Waals surface area contributed by atoms with Crippen LogP contribution in [0.5, 0.6) is 34.5 Å². The van der Waals surface area contributed by atoms with Crippen LogP contribution in [-0.4, -0.2) is 38.7 Å². The summed E-state index contributed by atoms with van der Waals surface area (Å²) in [5.74, 6) is 3.40. The zero-order valence-corrected chi connectivity index (χ0v) is 22.3. The highest BCUT2D eigenvalue weighted by Crippen LogP contribution is 2.43. The number of methoxy groups -OCH3 is 4. The zero-order valence-electron chi connectivity index (χ0n) is 22.3. The van der Waals surface area contributed by atoms with Crippen LogP contribution in [0.15, 0.2) is 72.8 Å². The lowest BCUT2D eigenvalue weighted by atomic mass is 9.95. The Labute approximate surface area is 224 Å². The molecular formula is C32H34O6. The van der Waals surface area contributed by atoms with E-state index in [9.17, 15) is 10.2 Å². The van der Waals surface area contributed by atoms with Crippen LogP contribution in [0.2, 0.25) is 0 Å². The predicted octanol–water partition coefficient (Wildman–Crippen LogP) is 6.37. The summed E-state index contributed by atoms with van der Waals surface area (Å²) in [6.07, 6.45) is 2.94. The van der Waals surface area contributed by atoms with Crippen molar-refractivity contribution >= 4 is 0 Å². The monoisotopic (exact) mass is 514 g/mol. The third-order valence-electron chi connectivity index (χ3n) is 6.68. The number of hydrogen-bond acceptors (Lipinski definition) is 6. The van der Waals surface area contributed by atoms with Crippen LogP contribution < -0.4 is 18.9 Å². The third-order valence-corrected chi connectivity index (χ3v) is 6.68. The maximum Gasteiger partial charge on any atom is 0.127 e. The third kappa shape index (κ3) is 6.14. The van der Waals surface area contributed by atoms with E-state index in [2.05, 4.69) is 0 Å². The van der Waals surface area contributed by atoms with Gasteiger partial charge in [-0.2, -0.15) is 0 Å². The Hall–Kier alpha value is -4.32. The van der Waals surface area contributed by atoms with Gasteiger partial charge in [-0.25, -0.2) is 0 Å². The SMILES string of the molecule is COc1cc(-c2cc(OC)c(CCc3cccc(O)c3)cc2OC)c(OC)cc1CCc1cccc(O)c1. The topological polar surface area (TPSA) is 77.4 Å². The van der Waals surface area contributed by atoms with Crippen molar-refractivity contribution in [3.8, 4) is 45.6 Å². The molecule has 0 radical (unpaired) electrons. The summed E-state index contributed by atoms with van der Waals surface area (Å²) in [6, 6.07) is 22.5. The van der Waals surface area contributed by atoms with Crippen LogP contribution >= 0.6 is 0 Å². The van der Waals surface area contributed by atoms with Gasteiger partial charge in [-0.05, 0) is 96.5 Å².